The predicted octanol–water partition coefficient (Wildman–Crippen LogP) is 4.64. The summed E-state index contributed by atoms with van der Waals surface area (Å²) >= 11 is 0. The molecule has 0 radical (unpaired) electrons. The van der Waals surface area contributed by atoms with Gasteiger partial charge < -0.3 is 10.4 Å². The van der Waals surface area contributed by atoms with Gasteiger partial charge in [0.25, 0.3) is 0 Å². The number of pyridine rings is 1. The molecule has 9 nitrogen and oxygen atoms in total. The first-order valence-electron chi connectivity index (χ1n) is 11.1. The molecule has 0 bridgehead atoms. The second-order valence-corrected chi connectivity index (χ2v) is 9.17. The van der Waals surface area contributed by atoms with Crippen LogP contribution in [0.25, 0.3) is 28.2 Å². The third-order valence-corrected chi connectivity index (χ3v) is 5.99. The summed E-state index contributed by atoms with van der Waals surface area (Å²) in [6.07, 6.45) is 0.772. The number of nitrogens with zero attached hydrogens (tertiary/aromatic N) is 7. The lowest BCUT2D eigenvalue weighted by Crippen LogP contribution is -2.06. The normalized spacial score (nSPS) is 12.8. The highest BCUT2D eigenvalue weighted by atomic mass is 31.0. The number of anilines is 2. The Kier molecular flexibility index (Phi) is 5.97. The van der Waals surface area contributed by atoms with Crippen molar-refractivity contribution in [3.8, 4) is 17.2 Å². The van der Waals surface area contributed by atoms with E-state index in [1.54, 1.807) is 37.0 Å². The number of aromatic nitrogens is 7. The number of benzene rings is 1. The van der Waals surface area contributed by atoms with E-state index >= 15 is 0 Å². The van der Waals surface area contributed by atoms with E-state index < -0.39 is 17.5 Å². The van der Waals surface area contributed by atoms with Crippen LogP contribution in [0.3, 0.4) is 0 Å². The molecule has 0 aliphatic carbocycles. The van der Waals surface area contributed by atoms with Crippen molar-refractivity contribution >= 4 is 31.8 Å². The largest absolute Gasteiger partial charge is 0.389 e. The Labute approximate surface area is 207 Å². The van der Waals surface area contributed by atoms with Crippen molar-refractivity contribution in [2.24, 2.45) is 7.05 Å². The lowest BCUT2D eigenvalue weighted by molar-refractivity contribution is 0.0979. The molecule has 0 aliphatic heterocycles. The molecule has 0 saturated carbocycles. The van der Waals surface area contributed by atoms with Gasteiger partial charge in [0.2, 0.25) is 0 Å². The van der Waals surface area contributed by atoms with Crippen LogP contribution in [0.2, 0.25) is 0 Å². The molecule has 4 heterocycles. The van der Waals surface area contributed by atoms with Crippen molar-refractivity contribution in [3.63, 3.8) is 0 Å². The molecule has 36 heavy (non-hydrogen) atoms. The van der Waals surface area contributed by atoms with Gasteiger partial charge in [-0.05, 0) is 56.3 Å². The van der Waals surface area contributed by atoms with Gasteiger partial charge in [0.05, 0.1) is 34.2 Å². The van der Waals surface area contributed by atoms with Gasteiger partial charge in [-0.25, -0.2) is 9.97 Å². The maximum absolute atomic E-state index is 13.9. The van der Waals surface area contributed by atoms with Crippen LogP contribution in [0, 0.1) is 6.92 Å². The van der Waals surface area contributed by atoms with Crippen molar-refractivity contribution in [3.05, 3.63) is 71.8 Å². The van der Waals surface area contributed by atoms with E-state index in [4.69, 9.17) is 4.98 Å². The SMILES string of the molecule is Cc1ccc(Nc2ccc3c(c2)ncn3-c2ccc(C(C)O)c(-c3cc(C(F)(F)P)nn3C)n2)nn1. The summed E-state index contributed by atoms with van der Waals surface area (Å²) < 4.78 is 30.9. The third kappa shape index (κ3) is 4.55. The van der Waals surface area contributed by atoms with Gasteiger partial charge in [-0.2, -0.15) is 19.0 Å². The van der Waals surface area contributed by atoms with Crippen LogP contribution < -0.4 is 5.32 Å². The quantitative estimate of drug-likeness (QED) is 0.322. The van der Waals surface area contributed by atoms with Gasteiger partial charge in [0, 0.05) is 18.3 Å². The minimum Gasteiger partial charge on any atom is -0.389 e. The van der Waals surface area contributed by atoms with Crippen molar-refractivity contribution < 1.29 is 13.9 Å². The van der Waals surface area contributed by atoms with E-state index in [1.807, 2.05) is 37.3 Å². The first kappa shape index (κ1) is 23.9. The number of imidazole rings is 1. The molecule has 0 saturated heterocycles. The number of aliphatic hydroxyl groups excluding tert-OH is 1. The molecule has 5 rings (SSSR count). The lowest BCUT2D eigenvalue weighted by Gasteiger charge is -2.14. The van der Waals surface area contributed by atoms with Crippen LogP contribution in [0.5, 0.6) is 0 Å². The highest BCUT2D eigenvalue weighted by molar-refractivity contribution is 7.17. The number of rotatable bonds is 6. The van der Waals surface area contributed by atoms with Crippen molar-refractivity contribution in [1.29, 1.82) is 0 Å². The first-order valence-corrected chi connectivity index (χ1v) is 11.6. The number of fused-ring (bicyclic) bond motifs is 1. The first-order chi connectivity index (χ1) is 17.1. The molecule has 2 unspecified atom stereocenters. The monoisotopic (exact) mass is 508 g/mol. The molecule has 184 valence electrons. The van der Waals surface area contributed by atoms with Crippen LogP contribution in [-0.2, 0) is 12.7 Å². The number of aliphatic hydroxyl groups is 1. The maximum atomic E-state index is 13.9. The lowest BCUT2D eigenvalue weighted by atomic mass is 10.1. The Morgan fingerprint density at radius 3 is 2.56 bits per heavy atom. The molecule has 0 spiro atoms. The number of hydrogen-bond donors (Lipinski definition) is 2. The highest BCUT2D eigenvalue weighted by Gasteiger charge is 2.30. The van der Waals surface area contributed by atoms with Gasteiger partial charge in [-0.1, -0.05) is 15.3 Å². The molecule has 12 heteroatoms. The summed E-state index contributed by atoms with van der Waals surface area (Å²) in [4.78, 5) is 9.23. The molecular weight excluding hydrogens is 485 g/mol. The fraction of sp³-hybridized carbons (Fsp3) is 0.208. The maximum Gasteiger partial charge on any atom is 0.302 e. The summed E-state index contributed by atoms with van der Waals surface area (Å²) in [5.74, 6) is 1.13. The van der Waals surface area contributed by atoms with Crippen molar-refractivity contribution in [2.45, 2.75) is 25.6 Å². The molecule has 1 aromatic carbocycles. The van der Waals surface area contributed by atoms with E-state index in [0.717, 1.165) is 16.9 Å². The van der Waals surface area contributed by atoms with Crippen LogP contribution in [-0.4, -0.2) is 39.6 Å². The molecule has 5 aromatic rings. The van der Waals surface area contributed by atoms with E-state index in [9.17, 15) is 13.9 Å². The molecular formula is C24H23F2N8OP. The summed E-state index contributed by atoms with van der Waals surface area (Å²) in [5.41, 5.74) is 0.758. The summed E-state index contributed by atoms with van der Waals surface area (Å²) in [5, 5.41) is 25.6. The second kappa shape index (κ2) is 9.00. The molecule has 0 amide bonds. The fourth-order valence-corrected chi connectivity index (χ4v) is 4.02. The van der Waals surface area contributed by atoms with E-state index in [0.29, 0.717) is 34.1 Å². The Hall–Kier alpha value is -3.82. The van der Waals surface area contributed by atoms with Crippen LogP contribution in [0.4, 0.5) is 20.3 Å². The standard InChI is InChI=1S/C24H23F2N8OP/c1-13-4-8-21(31-30-13)28-15-5-7-18-17(10-15)27-12-34(18)22-9-6-16(14(2)35)23(29-22)19-11-20(24(25,26)36)32-33(19)3/h4-12,14,35H,36H2,1-3H3,(H,28,31). The Morgan fingerprint density at radius 2 is 1.89 bits per heavy atom. The minimum atomic E-state index is -3.19. The Morgan fingerprint density at radius 1 is 1.08 bits per heavy atom. The van der Waals surface area contributed by atoms with Gasteiger partial charge >= 0.3 is 5.66 Å². The predicted molar refractivity (Wildman–Crippen MR) is 135 cm³/mol. The third-order valence-electron chi connectivity index (χ3n) is 5.69. The average Bonchev–Trinajstić information content (AvgIpc) is 3.43. The van der Waals surface area contributed by atoms with Crippen LogP contribution in [0.15, 0.2) is 54.9 Å². The summed E-state index contributed by atoms with van der Waals surface area (Å²) in [6, 6.07) is 14.1. The number of alkyl halides is 2. The molecule has 0 fully saturated rings. The number of nitrogens with one attached hydrogen (secondary N) is 1. The number of hydrogen-bond acceptors (Lipinski definition) is 7. The van der Waals surface area contributed by atoms with Gasteiger partial charge in [-0.3, -0.25) is 9.25 Å². The summed E-state index contributed by atoms with van der Waals surface area (Å²) in [7, 11) is 3.05. The Balaban J connectivity index is 1.55. The van der Waals surface area contributed by atoms with E-state index in [2.05, 4.69) is 25.6 Å². The zero-order valence-electron chi connectivity index (χ0n) is 19.7. The minimum absolute atomic E-state index is 0.357. The van der Waals surface area contributed by atoms with Gasteiger partial charge in [0.1, 0.15) is 17.8 Å². The molecule has 0 aliphatic rings. The van der Waals surface area contributed by atoms with Gasteiger partial charge in [0.15, 0.2) is 5.82 Å². The van der Waals surface area contributed by atoms with E-state index in [-0.39, 0.29) is 0 Å². The number of aryl methyl sites for hydroxylation is 2. The van der Waals surface area contributed by atoms with E-state index in [1.165, 1.54) is 20.0 Å². The van der Waals surface area contributed by atoms with Gasteiger partial charge in [-0.15, -0.1) is 5.10 Å². The molecule has 2 N–H and O–H groups in total. The molecule has 2 atom stereocenters. The highest BCUT2D eigenvalue weighted by Crippen LogP contribution is 2.37. The fourth-order valence-electron chi connectivity index (χ4n) is 3.87. The second-order valence-electron chi connectivity index (χ2n) is 8.45. The summed E-state index contributed by atoms with van der Waals surface area (Å²) in [6.45, 7) is 3.47. The van der Waals surface area contributed by atoms with Crippen LogP contribution in [0.1, 0.15) is 30.0 Å². The molecule has 4 aromatic heterocycles. The van der Waals surface area contributed by atoms with Crippen molar-refractivity contribution in [2.75, 3.05) is 5.32 Å². The zero-order chi connectivity index (χ0) is 25.6. The van der Waals surface area contributed by atoms with Crippen molar-refractivity contribution in [1.82, 2.24) is 34.5 Å². The smallest absolute Gasteiger partial charge is 0.302 e. The topological polar surface area (TPSA) is 107 Å². The van der Waals surface area contributed by atoms with Crippen LogP contribution >= 0.6 is 9.24 Å². The average molecular weight is 508 g/mol. The number of halogens is 2. The zero-order valence-corrected chi connectivity index (χ0v) is 20.8. The Bertz CT molecular complexity index is 1560.